The molecule has 0 amide bonds. The van der Waals surface area contributed by atoms with Crippen molar-refractivity contribution < 1.29 is 4.52 Å². The van der Waals surface area contributed by atoms with Gasteiger partial charge >= 0.3 is 0 Å². The molecule has 1 aromatic carbocycles. The zero-order valence-electron chi connectivity index (χ0n) is 13.1. The Balaban J connectivity index is 1.52. The van der Waals surface area contributed by atoms with E-state index in [0.29, 0.717) is 28.7 Å². The third-order valence-electron chi connectivity index (χ3n) is 4.16. The van der Waals surface area contributed by atoms with Gasteiger partial charge in [0.1, 0.15) is 11.9 Å². The van der Waals surface area contributed by atoms with E-state index in [-0.39, 0.29) is 12.1 Å². The van der Waals surface area contributed by atoms with E-state index >= 15 is 0 Å². The summed E-state index contributed by atoms with van der Waals surface area (Å²) < 4.78 is 8.02. The highest BCUT2D eigenvalue weighted by atomic mass is 16.5. The normalized spacial score (nSPS) is 14.2. The lowest BCUT2D eigenvalue weighted by atomic mass is 10.3. The van der Waals surface area contributed by atoms with Crippen LogP contribution in [0.25, 0.3) is 16.7 Å². The molecule has 0 aliphatic heterocycles. The van der Waals surface area contributed by atoms with Crippen molar-refractivity contribution in [2.45, 2.75) is 25.3 Å². The van der Waals surface area contributed by atoms with Gasteiger partial charge in [-0.3, -0.25) is 4.79 Å². The fourth-order valence-electron chi connectivity index (χ4n) is 2.69. The minimum Gasteiger partial charge on any atom is -0.339 e. The van der Waals surface area contributed by atoms with E-state index in [1.54, 1.807) is 4.68 Å². The van der Waals surface area contributed by atoms with E-state index in [2.05, 4.69) is 25.6 Å². The van der Waals surface area contributed by atoms with Crippen molar-refractivity contribution in [2.24, 2.45) is 0 Å². The molecule has 4 aromatic rings. The number of aromatic nitrogens is 7. The molecule has 1 fully saturated rings. The summed E-state index contributed by atoms with van der Waals surface area (Å²) in [5, 5.41) is 16.7. The van der Waals surface area contributed by atoms with Crippen LogP contribution in [0.1, 0.15) is 30.5 Å². The standard InChI is InChI=1S/C16H13N7O2/c24-16-12-8-17-23(11-4-2-1-3-5-11)14(12)19-21-22(16)9-13-18-15(25-20-13)10-6-7-10/h1-5,8,10H,6-7,9H2. The zero-order chi connectivity index (χ0) is 16.8. The predicted molar refractivity (Wildman–Crippen MR) is 86.3 cm³/mol. The largest absolute Gasteiger partial charge is 0.339 e. The van der Waals surface area contributed by atoms with E-state index in [1.165, 1.54) is 10.9 Å². The third kappa shape index (κ3) is 2.40. The smallest absolute Gasteiger partial charge is 0.281 e. The lowest BCUT2D eigenvalue weighted by Crippen LogP contribution is -2.25. The van der Waals surface area contributed by atoms with Crippen molar-refractivity contribution in [3.63, 3.8) is 0 Å². The van der Waals surface area contributed by atoms with Gasteiger partial charge in [0.2, 0.25) is 5.89 Å². The van der Waals surface area contributed by atoms with Gasteiger partial charge in [-0.25, -0.2) is 9.36 Å². The Hall–Kier alpha value is -3.36. The summed E-state index contributed by atoms with van der Waals surface area (Å²) in [4.78, 5) is 17.0. The SMILES string of the molecule is O=c1c2cnn(-c3ccccc3)c2nnn1Cc1noc(C2CC2)n1. The minimum atomic E-state index is -0.287. The first-order valence-corrected chi connectivity index (χ1v) is 7.99. The van der Waals surface area contributed by atoms with Gasteiger partial charge in [0.25, 0.3) is 5.56 Å². The fourth-order valence-corrected chi connectivity index (χ4v) is 2.69. The van der Waals surface area contributed by atoms with Crippen LogP contribution in [0.15, 0.2) is 45.8 Å². The lowest BCUT2D eigenvalue weighted by Gasteiger charge is -2.02. The Morgan fingerprint density at radius 2 is 2.04 bits per heavy atom. The van der Waals surface area contributed by atoms with Gasteiger partial charge in [-0.2, -0.15) is 10.1 Å². The quantitative estimate of drug-likeness (QED) is 0.553. The molecule has 3 heterocycles. The van der Waals surface area contributed by atoms with Crippen molar-refractivity contribution >= 4 is 11.0 Å². The molecule has 5 rings (SSSR count). The number of rotatable bonds is 4. The summed E-state index contributed by atoms with van der Waals surface area (Å²) in [6.45, 7) is 0.120. The Morgan fingerprint density at radius 3 is 2.84 bits per heavy atom. The number of hydrogen-bond donors (Lipinski definition) is 0. The van der Waals surface area contributed by atoms with Crippen molar-refractivity contribution in [1.82, 2.24) is 34.9 Å². The molecule has 1 aliphatic rings. The van der Waals surface area contributed by atoms with Crippen molar-refractivity contribution in [3.8, 4) is 5.69 Å². The Bertz CT molecular complexity index is 1110. The predicted octanol–water partition coefficient (Wildman–Crippen LogP) is 1.29. The molecule has 9 nitrogen and oxygen atoms in total. The van der Waals surface area contributed by atoms with Crippen molar-refractivity contribution in [2.75, 3.05) is 0 Å². The minimum absolute atomic E-state index is 0.120. The van der Waals surface area contributed by atoms with Gasteiger partial charge in [-0.1, -0.05) is 28.6 Å². The molecule has 0 bridgehead atoms. The van der Waals surface area contributed by atoms with Crippen LogP contribution in [-0.2, 0) is 6.54 Å². The van der Waals surface area contributed by atoms with Gasteiger partial charge in [-0.05, 0) is 25.0 Å². The molecular formula is C16H13N7O2. The van der Waals surface area contributed by atoms with E-state index in [4.69, 9.17) is 4.52 Å². The van der Waals surface area contributed by atoms with Crippen LogP contribution in [0.4, 0.5) is 0 Å². The summed E-state index contributed by atoms with van der Waals surface area (Å²) in [6, 6.07) is 9.47. The summed E-state index contributed by atoms with van der Waals surface area (Å²) in [5.41, 5.74) is 0.945. The van der Waals surface area contributed by atoms with Gasteiger partial charge in [0.05, 0.1) is 11.9 Å². The Kier molecular flexibility index (Phi) is 2.99. The molecular weight excluding hydrogens is 322 g/mol. The first kappa shape index (κ1) is 14.0. The second-order valence-corrected chi connectivity index (χ2v) is 6.00. The van der Waals surface area contributed by atoms with Crippen molar-refractivity contribution in [3.05, 3.63) is 58.6 Å². The molecule has 0 unspecified atom stereocenters. The second-order valence-electron chi connectivity index (χ2n) is 6.00. The van der Waals surface area contributed by atoms with Gasteiger partial charge in [0, 0.05) is 5.92 Å². The molecule has 1 saturated carbocycles. The summed E-state index contributed by atoms with van der Waals surface area (Å²) in [7, 11) is 0. The Morgan fingerprint density at radius 1 is 1.20 bits per heavy atom. The molecule has 0 atom stereocenters. The van der Waals surface area contributed by atoms with Crippen LogP contribution in [-0.4, -0.2) is 34.9 Å². The van der Waals surface area contributed by atoms with E-state index in [0.717, 1.165) is 18.5 Å². The molecule has 3 aromatic heterocycles. The Labute approximate surface area is 140 Å². The summed E-state index contributed by atoms with van der Waals surface area (Å²) in [5.74, 6) is 1.43. The number of para-hydroxylation sites is 1. The van der Waals surface area contributed by atoms with E-state index in [9.17, 15) is 4.79 Å². The molecule has 0 saturated heterocycles. The number of hydrogen-bond acceptors (Lipinski definition) is 7. The van der Waals surface area contributed by atoms with Crippen LogP contribution < -0.4 is 5.56 Å². The molecule has 0 spiro atoms. The van der Waals surface area contributed by atoms with E-state index < -0.39 is 0 Å². The van der Waals surface area contributed by atoms with Crippen LogP contribution >= 0.6 is 0 Å². The number of benzene rings is 1. The maximum Gasteiger partial charge on any atom is 0.281 e. The zero-order valence-corrected chi connectivity index (χ0v) is 13.1. The average molecular weight is 335 g/mol. The maximum absolute atomic E-state index is 12.7. The van der Waals surface area contributed by atoms with Gasteiger partial charge < -0.3 is 4.52 Å². The highest BCUT2D eigenvalue weighted by Gasteiger charge is 2.29. The molecule has 25 heavy (non-hydrogen) atoms. The van der Waals surface area contributed by atoms with Crippen LogP contribution in [0.2, 0.25) is 0 Å². The van der Waals surface area contributed by atoms with Gasteiger partial charge in [-0.15, -0.1) is 5.10 Å². The molecule has 1 aliphatic carbocycles. The third-order valence-corrected chi connectivity index (χ3v) is 4.16. The van der Waals surface area contributed by atoms with Crippen LogP contribution in [0, 0.1) is 0 Å². The molecule has 0 N–H and O–H groups in total. The monoisotopic (exact) mass is 335 g/mol. The molecule has 9 heteroatoms. The van der Waals surface area contributed by atoms with Crippen LogP contribution in [0.5, 0.6) is 0 Å². The van der Waals surface area contributed by atoms with Crippen molar-refractivity contribution in [1.29, 1.82) is 0 Å². The average Bonchev–Trinajstić information content (AvgIpc) is 3.23. The topological polar surface area (TPSA) is 105 Å². The summed E-state index contributed by atoms with van der Waals surface area (Å²) in [6.07, 6.45) is 3.65. The van der Waals surface area contributed by atoms with Gasteiger partial charge in [0.15, 0.2) is 11.5 Å². The first-order chi connectivity index (χ1) is 12.3. The lowest BCUT2D eigenvalue weighted by molar-refractivity contribution is 0.371. The fraction of sp³-hybridized carbons (Fsp3) is 0.250. The molecule has 124 valence electrons. The highest BCUT2D eigenvalue weighted by molar-refractivity contribution is 5.74. The number of fused-ring (bicyclic) bond motifs is 1. The molecule has 0 radical (unpaired) electrons. The van der Waals surface area contributed by atoms with Crippen LogP contribution in [0.3, 0.4) is 0 Å². The van der Waals surface area contributed by atoms with E-state index in [1.807, 2.05) is 30.3 Å². The second kappa shape index (κ2) is 5.33. The highest BCUT2D eigenvalue weighted by Crippen LogP contribution is 2.38. The maximum atomic E-state index is 12.7. The first-order valence-electron chi connectivity index (χ1n) is 7.99. The number of nitrogens with zero attached hydrogens (tertiary/aromatic N) is 7. The summed E-state index contributed by atoms with van der Waals surface area (Å²) >= 11 is 0.